The molecule has 4 aromatic carbocycles. The number of imidazole rings is 1. The number of benzene rings is 4. The van der Waals surface area contributed by atoms with Crippen molar-refractivity contribution in [1.29, 1.82) is 0 Å². The highest BCUT2D eigenvalue weighted by atomic mass is 35.5. The number of carbonyl (C=O) groups is 1. The average molecular weight is 634 g/mol. The summed E-state index contributed by atoms with van der Waals surface area (Å²) in [6.45, 7) is 0. The molecule has 0 aliphatic carbocycles. The molecule has 2 heterocycles. The highest BCUT2D eigenvalue weighted by Crippen LogP contribution is 2.36. The van der Waals surface area contributed by atoms with Gasteiger partial charge in [0.05, 0.1) is 40.3 Å². The number of aromatic nitrogens is 2. The van der Waals surface area contributed by atoms with Crippen molar-refractivity contribution in [2.45, 2.75) is 5.92 Å². The van der Waals surface area contributed by atoms with Crippen LogP contribution in [-0.2, 0) is 10.2 Å². The fraction of sp³-hybridized carbons (Fsp3) is 0.0323. The van der Waals surface area contributed by atoms with Gasteiger partial charge >= 0.3 is 16.2 Å². The monoisotopic (exact) mass is 632 g/mol. The Bertz CT molecular complexity index is 1990. The van der Waals surface area contributed by atoms with Crippen molar-refractivity contribution in [3.8, 4) is 22.4 Å². The van der Waals surface area contributed by atoms with E-state index in [9.17, 15) is 23.4 Å². The summed E-state index contributed by atoms with van der Waals surface area (Å²) in [4.78, 5) is 19.5. The summed E-state index contributed by atoms with van der Waals surface area (Å²) in [5, 5.41) is 20.1. The largest absolute Gasteiger partial charge is 0.493 e. The second-order valence-corrected chi connectivity index (χ2v) is 12.1. The average Bonchev–Trinajstić information content (AvgIpc) is 3.57. The number of hydrogen-bond donors (Lipinski definition) is 4. The molecule has 1 aliphatic heterocycles. The number of nitrogens with zero attached hydrogens (tertiary/aromatic N) is 2. The smallest absolute Gasteiger partial charge is 0.335 e. The Labute approximate surface area is 256 Å². The van der Waals surface area contributed by atoms with Crippen molar-refractivity contribution in [2.75, 3.05) is 4.31 Å². The first-order chi connectivity index (χ1) is 20.6. The molecule has 0 fully saturated rings. The van der Waals surface area contributed by atoms with Gasteiger partial charge in [-0.3, -0.25) is 0 Å². The predicted octanol–water partition coefficient (Wildman–Crippen LogP) is 6.94. The summed E-state index contributed by atoms with van der Waals surface area (Å²) in [7, 11) is -3.94. The standard InChI is InChI=1S/C31H22Cl2N4O5S/c32-23-10-13-25(26(33)15-23)27-16-34-30(35-27)29(20-8-11-24(12-9-20)37-17-28(38)36-43(37,41)42)19-6-4-18(5-7-19)21-2-1-3-22(14-21)31(39)40/h1-17,29,36,38H,(H,34,35)(H,39,40). The molecule has 0 bridgehead atoms. The summed E-state index contributed by atoms with van der Waals surface area (Å²) >= 11 is 12.5. The lowest BCUT2D eigenvalue weighted by molar-refractivity contribution is 0.0697. The van der Waals surface area contributed by atoms with Gasteiger partial charge in [-0.25, -0.2) is 18.8 Å². The molecular weight excluding hydrogens is 611 g/mol. The Morgan fingerprint density at radius 3 is 2.21 bits per heavy atom. The SMILES string of the molecule is O=C(O)c1cccc(-c2ccc(C(c3ccc(N4C=C(O)NS4(=O)=O)cc3)c3ncc(-c4ccc(Cl)cc4Cl)[nH]3)cc2)c1. The summed E-state index contributed by atoms with van der Waals surface area (Å²) in [6, 6.07) is 26.5. The van der Waals surface area contributed by atoms with Crippen LogP contribution in [-0.4, -0.2) is 34.6 Å². The lowest BCUT2D eigenvalue weighted by atomic mass is 9.89. The molecule has 1 aromatic heterocycles. The highest BCUT2D eigenvalue weighted by molar-refractivity contribution is 7.91. The molecule has 1 atom stereocenters. The molecule has 1 aliphatic rings. The molecule has 0 radical (unpaired) electrons. The van der Waals surface area contributed by atoms with E-state index in [0.29, 0.717) is 27.3 Å². The van der Waals surface area contributed by atoms with Gasteiger partial charge in [0.2, 0.25) is 5.88 Å². The summed E-state index contributed by atoms with van der Waals surface area (Å²) in [5.41, 5.74) is 5.24. The van der Waals surface area contributed by atoms with Gasteiger partial charge in [0, 0.05) is 10.6 Å². The van der Waals surface area contributed by atoms with Crippen molar-refractivity contribution < 1.29 is 23.4 Å². The third-order valence-corrected chi connectivity index (χ3v) is 8.84. The molecule has 5 aromatic rings. The van der Waals surface area contributed by atoms with Crippen molar-refractivity contribution >= 4 is 45.1 Å². The van der Waals surface area contributed by atoms with Gasteiger partial charge in [0.25, 0.3) is 0 Å². The minimum Gasteiger partial charge on any atom is -0.493 e. The number of halogens is 2. The number of H-pyrrole nitrogens is 1. The first-order valence-electron chi connectivity index (χ1n) is 12.9. The zero-order valence-electron chi connectivity index (χ0n) is 22.1. The zero-order valence-corrected chi connectivity index (χ0v) is 24.4. The maximum absolute atomic E-state index is 12.4. The van der Waals surface area contributed by atoms with E-state index in [-0.39, 0.29) is 5.56 Å². The van der Waals surface area contributed by atoms with Crippen LogP contribution < -0.4 is 9.03 Å². The number of aliphatic hydroxyl groups excluding tert-OH is 1. The number of aromatic carboxylic acids is 1. The Balaban J connectivity index is 1.40. The molecule has 1 unspecified atom stereocenters. The van der Waals surface area contributed by atoms with E-state index in [1.807, 2.05) is 35.1 Å². The molecule has 0 saturated heterocycles. The van der Waals surface area contributed by atoms with Crippen LogP contribution in [0.4, 0.5) is 5.69 Å². The Morgan fingerprint density at radius 1 is 0.884 bits per heavy atom. The van der Waals surface area contributed by atoms with E-state index in [1.54, 1.807) is 66.9 Å². The van der Waals surface area contributed by atoms with Crippen molar-refractivity contribution in [3.05, 3.63) is 142 Å². The molecule has 9 nitrogen and oxygen atoms in total. The van der Waals surface area contributed by atoms with E-state index < -0.39 is 28.0 Å². The van der Waals surface area contributed by atoms with Crippen LogP contribution in [0.5, 0.6) is 0 Å². The van der Waals surface area contributed by atoms with E-state index >= 15 is 0 Å². The maximum Gasteiger partial charge on any atom is 0.335 e. The topological polar surface area (TPSA) is 136 Å². The lowest BCUT2D eigenvalue weighted by Crippen LogP contribution is -2.29. The summed E-state index contributed by atoms with van der Waals surface area (Å²) in [5.74, 6) is -1.26. The second kappa shape index (κ2) is 11.1. The Kier molecular flexibility index (Phi) is 7.35. The number of anilines is 1. The van der Waals surface area contributed by atoms with Crippen LogP contribution >= 0.6 is 23.2 Å². The van der Waals surface area contributed by atoms with Gasteiger partial charge in [-0.15, -0.1) is 0 Å². The van der Waals surface area contributed by atoms with Crippen LogP contribution in [0.25, 0.3) is 22.4 Å². The third kappa shape index (κ3) is 5.68. The molecule has 4 N–H and O–H groups in total. The third-order valence-electron chi connectivity index (χ3n) is 6.99. The van der Waals surface area contributed by atoms with Gasteiger partial charge in [0.1, 0.15) is 5.82 Å². The number of carboxylic acid groups (broad SMARTS) is 1. The van der Waals surface area contributed by atoms with Crippen LogP contribution in [0.1, 0.15) is 33.2 Å². The molecule has 0 amide bonds. The molecule has 43 heavy (non-hydrogen) atoms. The lowest BCUT2D eigenvalue weighted by Gasteiger charge is -2.19. The van der Waals surface area contributed by atoms with E-state index in [0.717, 1.165) is 38.3 Å². The van der Waals surface area contributed by atoms with E-state index in [4.69, 9.17) is 23.2 Å². The van der Waals surface area contributed by atoms with Crippen LogP contribution in [0.15, 0.2) is 109 Å². The quantitative estimate of drug-likeness (QED) is 0.153. The minimum atomic E-state index is -3.94. The van der Waals surface area contributed by atoms with Crippen LogP contribution in [0.3, 0.4) is 0 Å². The number of rotatable bonds is 7. The van der Waals surface area contributed by atoms with Gasteiger partial charge in [-0.05, 0) is 64.7 Å². The number of aliphatic hydroxyl groups is 1. The summed E-state index contributed by atoms with van der Waals surface area (Å²) in [6.07, 6.45) is 2.78. The van der Waals surface area contributed by atoms with Gasteiger partial charge in [-0.2, -0.15) is 8.42 Å². The fourth-order valence-electron chi connectivity index (χ4n) is 4.95. The first kappa shape index (κ1) is 28.4. The van der Waals surface area contributed by atoms with Gasteiger partial charge < -0.3 is 15.2 Å². The van der Waals surface area contributed by atoms with E-state index in [2.05, 4.69) is 9.97 Å². The van der Waals surface area contributed by atoms with Crippen molar-refractivity contribution in [3.63, 3.8) is 0 Å². The molecule has 216 valence electrons. The maximum atomic E-state index is 12.4. The number of carboxylic acids is 1. The van der Waals surface area contributed by atoms with Crippen molar-refractivity contribution in [2.24, 2.45) is 0 Å². The first-order valence-corrected chi connectivity index (χ1v) is 15.1. The molecular formula is C31H22Cl2N4O5S. The van der Waals surface area contributed by atoms with E-state index in [1.165, 1.54) is 0 Å². The zero-order chi connectivity index (χ0) is 30.3. The minimum absolute atomic E-state index is 0.196. The Hall–Kier alpha value is -4.77. The Morgan fingerprint density at radius 2 is 1.58 bits per heavy atom. The highest BCUT2D eigenvalue weighted by Gasteiger charge is 2.29. The number of nitrogens with one attached hydrogen (secondary N) is 2. The molecule has 6 rings (SSSR count). The normalized spacial score (nSPS) is 14.7. The predicted molar refractivity (Wildman–Crippen MR) is 166 cm³/mol. The number of hydrogen-bond acceptors (Lipinski definition) is 5. The molecule has 0 saturated carbocycles. The van der Waals surface area contributed by atoms with Gasteiger partial charge in [0.15, 0.2) is 0 Å². The number of aromatic amines is 1. The second-order valence-electron chi connectivity index (χ2n) is 9.76. The molecule has 12 heteroatoms. The fourth-order valence-corrected chi connectivity index (χ4v) is 6.51. The molecule has 0 spiro atoms. The van der Waals surface area contributed by atoms with Crippen LogP contribution in [0.2, 0.25) is 10.0 Å². The van der Waals surface area contributed by atoms with Gasteiger partial charge in [-0.1, -0.05) is 71.7 Å². The van der Waals surface area contributed by atoms with Crippen molar-refractivity contribution in [1.82, 2.24) is 14.7 Å². The van der Waals surface area contributed by atoms with Crippen LogP contribution in [0, 0.1) is 0 Å². The summed E-state index contributed by atoms with van der Waals surface area (Å²) < 4.78 is 27.7.